The molecule has 1 spiro atoms. The van der Waals surface area contributed by atoms with Crippen LogP contribution in [0.1, 0.15) is 39.2 Å². The van der Waals surface area contributed by atoms with Crippen molar-refractivity contribution in [1.29, 1.82) is 0 Å². The molecule has 2 heterocycles. The van der Waals surface area contributed by atoms with Crippen LogP contribution in [0.5, 0.6) is 11.5 Å². The summed E-state index contributed by atoms with van der Waals surface area (Å²) in [7, 11) is 3.30. The first-order valence-electron chi connectivity index (χ1n) is 8.76. The van der Waals surface area contributed by atoms with Crippen molar-refractivity contribution in [2.75, 3.05) is 39.2 Å². The van der Waals surface area contributed by atoms with E-state index in [1.807, 2.05) is 31.7 Å². The van der Waals surface area contributed by atoms with Gasteiger partial charge in [-0.3, -0.25) is 0 Å². The van der Waals surface area contributed by atoms with Crippen molar-refractivity contribution in [3.05, 3.63) is 17.7 Å². The molecule has 1 aromatic carbocycles. The molecule has 2 aliphatic heterocycles. The normalized spacial score (nSPS) is 18.5. The molecular formula is C19H28N2O4. The SMILES string of the molecule is COc1cc2c(cc1OC)C1(CCN(C(=O)OC(C)(C)C)CC1)CN2. The summed E-state index contributed by atoms with van der Waals surface area (Å²) in [6.45, 7) is 7.96. The molecule has 25 heavy (non-hydrogen) atoms. The van der Waals surface area contributed by atoms with Gasteiger partial charge in [0.15, 0.2) is 11.5 Å². The van der Waals surface area contributed by atoms with Crippen LogP contribution in [0, 0.1) is 0 Å². The zero-order valence-electron chi connectivity index (χ0n) is 15.8. The molecule has 0 aliphatic carbocycles. The summed E-state index contributed by atoms with van der Waals surface area (Å²) in [5.74, 6) is 1.48. The zero-order chi connectivity index (χ0) is 18.2. The Balaban J connectivity index is 1.76. The van der Waals surface area contributed by atoms with Gasteiger partial charge >= 0.3 is 6.09 Å². The third-order valence-corrected chi connectivity index (χ3v) is 5.08. The molecule has 1 aromatic rings. The quantitative estimate of drug-likeness (QED) is 0.888. The number of hydrogen-bond acceptors (Lipinski definition) is 5. The predicted octanol–water partition coefficient (Wildman–Crippen LogP) is 3.40. The minimum atomic E-state index is -0.461. The second-order valence-electron chi connectivity index (χ2n) is 7.85. The second kappa shape index (κ2) is 6.32. The highest BCUT2D eigenvalue weighted by atomic mass is 16.6. The Bertz CT molecular complexity index is 658. The van der Waals surface area contributed by atoms with Crippen LogP contribution >= 0.6 is 0 Å². The van der Waals surface area contributed by atoms with Gasteiger partial charge in [0.05, 0.1) is 14.2 Å². The smallest absolute Gasteiger partial charge is 0.410 e. The molecule has 1 N–H and O–H groups in total. The van der Waals surface area contributed by atoms with E-state index in [2.05, 4.69) is 11.4 Å². The Morgan fingerprint density at radius 3 is 2.28 bits per heavy atom. The highest BCUT2D eigenvalue weighted by molar-refractivity contribution is 5.70. The maximum absolute atomic E-state index is 12.3. The van der Waals surface area contributed by atoms with Gasteiger partial charge in [0, 0.05) is 36.8 Å². The second-order valence-corrected chi connectivity index (χ2v) is 7.85. The Labute approximate surface area is 149 Å². The number of amides is 1. The fourth-order valence-corrected chi connectivity index (χ4v) is 3.71. The monoisotopic (exact) mass is 348 g/mol. The van der Waals surface area contributed by atoms with Crippen molar-refractivity contribution in [2.24, 2.45) is 0 Å². The summed E-state index contributed by atoms with van der Waals surface area (Å²) in [6, 6.07) is 4.08. The van der Waals surface area contributed by atoms with Crippen molar-refractivity contribution in [2.45, 2.75) is 44.6 Å². The third kappa shape index (κ3) is 3.34. The Kier molecular flexibility index (Phi) is 4.47. The Morgan fingerprint density at radius 2 is 1.72 bits per heavy atom. The lowest BCUT2D eigenvalue weighted by molar-refractivity contribution is 0.0172. The summed E-state index contributed by atoms with van der Waals surface area (Å²) in [5.41, 5.74) is 1.93. The lowest BCUT2D eigenvalue weighted by atomic mass is 9.74. The highest BCUT2D eigenvalue weighted by Gasteiger charge is 2.43. The van der Waals surface area contributed by atoms with E-state index < -0.39 is 5.60 Å². The molecular weight excluding hydrogens is 320 g/mol. The largest absolute Gasteiger partial charge is 0.493 e. The van der Waals surface area contributed by atoms with E-state index in [0.29, 0.717) is 13.1 Å². The molecule has 1 saturated heterocycles. The highest BCUT2D eigenvalue weighted by Crippen LogP contribution is 2.48. The average Bonchev–Trinajstić information content (AvgIpc) is 2.90. The summed E-state index contributed by atoms with van der Waals surface area (Å²) in [5, 5.41) is 3.50. The van der Waals surface area contributed by atoms with Crippen LogP contribution in [0.2, 0.25) is 0 Å². The number of methoxy groups -OCH3 is 2. The van der Waals surface area contributed by atoms with Crippen LogP contribution in [0.15, 0.2) is 12.1 Å². The number of carbonyl (C=O) groups is 1. The summed E-state index contributed by atoms with van der Waals surface area (Å²) in [4.78, 5) is 14.1. The number of fused-ring (bicyclic) bond motifs is 2. The number of carbonyl (C=O) groups excluding carboxylic acids is 1. The topological polar surface area (TPSA) is 60.0 Å². The van der Waals surface area contributed by atoms with Gasteiger partial charge in [0.25, 0.3) is 0 Å². The number of rotatable bonds is 2. The molecule has 0 atom stereocenters. The molecule has 6 nitrogen and oxygen atoms in total. The lowest BCUT2D eigenvalue weighted by Gasteiger charge is -2.39. The Morgan fingerprint density at radius 1 is 1.12 bits per heavy atom. The van der Waals surface area contributed by atoms with Gasteiger partial charge in [-0.1, -0.05) is 0 Å². The number of likely N-dealkylation sites (tertiary alicyclic amines) is 1. The number of anilines is 1. The number of nitrogens with zero attached hydrogens (tertiary/aromatic N) is 1. The van der Waals surface area contributed by atoms with Crippen molar-refractivity contribution >= 4 is 11.8 Å². The van der Waals surface area contributed by atoms with Crippen molar-refractivity contribution in [3.8, 4) is 11.5 Å². The first-order chi connectivity index (χ1) is 11.8. The van der Waals surface area contributed by atoms with E-state index in [-0.39, 0.29) is 11.5 Å². The molecule has 0 aromatic heterocycles. The van der Waals surface area contributed by atoms with Gasteiger partial charge in [-0.15, -0.1) is 0 Å². The fraction of sp³-hybridized carbons (Fsp3) is 0.632. The van der Waals surface area contributed by atoms with Crippen molar-refractivity contribution in [1.82, 2.24) is 4.90 Å². The summed E-state index contributed by atoms with van der Waals surface area (Å²) < 4.78 is 16.4. The molecule has 1 amide bonds. The van der Waals surface area contributed by atoms with Gasteiger partial charge < -0.3 is 24.4 Å². The lowest BCUT2D eigenvalue weighted by Crippen LogP contribution is -2.47. The molecule has 3 rings (SSSR count). The van der Waals surface area contributed by atoms with Gasteiger partial charge in [-0.2, -0.15) is 0 Å². The van der Waals surface area contributed by atoms with Crippen LogP contribution in [0.3, 0.4) is 0 Å². The van der Waals surface area contributed by atoms with Crippen LogP contribution in [-0.4, -0.2) is 50.4 Å². The fourth-order valence-electron chi connectivity index (χ4n) is 3.71. The summed E-state index contributed by atoms with van der Waals surface area (Å²) in [6.07, 6.45) is 1.59. The zero-order valence-corrected chi connectivity index (χ0v) is 15.8. The van der Waals surface area contributed by atoms with Crippen LogP contribution in [-0.2, 0) is 10.2 Å². The molecule has 0 unspecified atom stereocenters. The van der Waals surface area contributed by atoms with Gasteiger partial charge in [-0.05, 0) is 45.2 Å². The number of piperidine rings is 1. The van der Waals surface area contributed by atoms with E-state index in [9.17, 15) is 4.79 Å². The van der Waals surface area contributed by atoms with E-state index in [0.717, 1.165) is 36.6 Å². The molecule has 0 saturated carbocycles. The molecule has 138 valence electrons. The Hall–Kier alpha value is -2.11. The van der Waals surface area contributed by atoms with Gasteiger partial charge in [0.2, 0.25) is 0 Å². The van der Waals surface area contributed by atoms with Crippen molar-refractivity contribution in [3.63, 3.8) is 0 Å². The predicted molar refractivity (Wildman–Crippen MR) is 96.8 cm³/mol. The van der Waals surface area contributed by atoms with Gasteiger partial charge in [0.1, 0.15) is 5.60 Å². The first kappa shape index (κ1) is 17.7. The molecule has 0 bridgehead atoms. The van der Waals surface area contributed by atoms with E-state index in [1.165, 1.54) is 5.56 Å². The minimum Gasteiger partial charge on any atom is -0.493 e. The van der Waals surface area contributed by atoms with E-state index >= 15 is 0 Å². The number of nitrogens with one attached hydrogen (secondary N) is 1. The van der Waals surface area contributed by atoms with E-state index in [4.69, 9.17) is 14.2 Å². The third-order valence-electron chi connectivity index (χ3n) is 5.08. The first-order valence-corrected chi connectivity index (χ1v) is 8.76. The van der Waals surface area contributed by atoms with Crippen LogP contribution in [0.25, 0.3) is 0 Å². The summed E-state index contributed by atoms with van der Waals surface area (Å²) >= 11 is 0. The number of hydrogen-bond donors (Lipinski definition) is 1. The molecule has 6 heteroatoms. The standard InChI is InChI=1S/C19H28N2O4/c1-18(2,3)25-17(22)21-8-6-19(7-9-21)12-20-14-11-16(24-5)15(23-4)10-13(14)19/h10-11,20H,6-9,12H2,1-5H3. The average molecular weight is 348 g/mol. The maximum Gasteiger partial charge on any atom is 0.410 e. The molecule has 1 fully saturated rings. The van der Waals surface area contributed by atoms with Crippen LogP contribution < -0.4 is 14.8 Å². The van der Waals surface area contributed by atoms with Crippen LogP contribution in [0.4, 0.5) is 10.5 Å². The molecule has 0 radical (unpaired) electrons. The number of ether oxygens (including phenoxy) is 3. The van der Waals surface area contributed by atoms with Gasteiger partial charge in [-0.25, -0.2) is 4.79 Å². The number of benzene rings is 1. The minimum absolute atomic E-state index is 0.0351. The van der Waals surface area contributed by atoms with Crippen molar-refractivity contribution < 1.29 is 19.0 Å². The van der Waals surface area contributed by atoms with E-state index in [1.54, 1.807) is 14.2 Å². The maximum atomic E-state index is 12.3. The molecule has 2 aliphatic rings.